The van der Waals surface area contributed by atoms with Crippen molar-refractivity contribution in [1.82, 2.24) is 35.1 Å². The van der Waals surface area contributed by atoms with Gasteiger partial charge >= 0.3 is 0 Å². The molecule has 2 atom stereocenters. The van der Waals surface area contributed by atoms with Gasteiger partial charge in [0.05, 0.1) is 5.69 Å². The van der Waals surface area contributed by atoms with Gasteiger partial charge in [-0.2, -0.15) is 4.68 Å². The van der Waals surface area contributed by atoms with E-state index < -0.39 is 0 Å². The van der Waals surface area contributed by atoms with Crippen LogP contribution in [0.1, 0.15) is 50.9 Å². The van der Waals surface area contributed by atoms with Gasteiger partial charge in [0.15, 0.2) is 0 Å². The highest BCUT2D eigenvalue weighted by molar-refractivity contribution is 5.44. The summed E-state index contributed by atoms with van der Waals surface area (Å²) >= 11 is 0. The minimum Gasteiger partial charge on any atom is -0.378 e. The molecular weight excluding hydrogens is 344 g/mol. The third kappa shape index (κ3) is 4.14. The minimum absolute atomic E-state index is 0.242. The van der Waals surface area contributed by atoms with Gasteiger partial charge < -0.3 is 5.73 Å². The second-order valence-electron chi connectivity index (χ2n) is 8.33. The molecule has 2 aromatic heterocycles. The molecule has 2 N–H and O–H groups in total. The van der Waals surface area contributed by atoms with E-state index in [4.69, 9.17) is 10.4 Å². The largest absolute Gasteiger partial charge is 0.378 e. The number of nitrogens with two attached hydrogens (primary N) is 1. The first-order valence-corrected chi connectivity index (χ1v) is 10.1. The van der Waals surface area contributed by atoms with E-state index in [0.29, 0.717) is 11.7 Å². The van der Waals surface area contributed by atoms with Crippen molar-refractivity contribution in [2.45, 2.75) is 52.6 Å². The van der Waals surface area contributed by atoms with E-state index in [-0.39, 0.29) is 5.82 Å². The number of nitrogen functional groups attached to an aromatic ring is 1. The molecule has 0 spiro atoms. The molecule has 0 aromatic carbocycles. The normalized spacial score (nSPS) is 25.1. The van der Waals surface area contributed by atoms with E-state index in [2.05, 4.69) is 44.3 Å². The van der Waals surface area contributed by atoms with Gasteiger partial charge in [-0.05, 0) is 60.9 Å². The lowest BCUT2D eigenvalue weighted by Gasteiger charge is -2.32. The predicted molar refractivity (Wildman–Crippen MR) is 101 cm³/mol. The number of piperidine rings is 2. The van der Waals surface area contributed by atoms with Crippen LogP contribution in [0.15, 0.2) is 4.63 Å². The monoisotopic (exact) mass is 374 g/mol. The Hall–Kier alpha value is -2.00. The standard InChI is InChI=1S/C18H30N8O/c1-13-5-3-7-24(9-13)11-15-16(12-25-8-4-6-14(2)10-25)26(23-20-15)18-17(19)21-27-22-18/h13-14H,3-12H2,1-2H3,(H2,19,21)/t13-,14+/m0/s1. The fourth-order valence-electron chi connectivity index (χ4n) is 4.41. The molecular formula is C18H30N8O. The number of hydrogen-bond acceptors (Lipinski definition) is 8. The number of likely N-dealkylation sites (tertiary alicyclic amines) is 2. The zero-order valence-electron chi connectivity index (χ0n) is 16.3. The first-order valence-electron chi connectivity index (χ1n) is 10.1. The highest BCUT2D eigenvalue weighted by Crippen LogP contribution is 2.24. The summed E-state index contributed by atoms with van der Waals surface area (Å²) in [5.41, 5.74) is 7.98. The Morgan fingerprint density at radius 2 is 1.67 bits per heavy atom. The maximum absolute atomic E-state index is 5.93. The third-order valence-electron chi connectivity index (χ3n) is 5.77. The van der Waals surface area contributed by atoms with Gasteiger partial charge in [-0.15, -0.1) is 5.10 Å². The predicted octanol–water partition coefficient (Wildman–Crippen LogP) is 1.70. The lowest BCUT2D eigenvalue weighted by molar-refractivity contribution is 0.165. The maximum atomic E-state index is 5.93. The van der Waals surface area contributed by atoms with Crippen LogP contribution in [0.5, 0.6) is 0 Å². The average molecular weight is 374 g/mol. The molecule has 0 aliphatic carbocycles. The lowest BCUT2D eigenvalue weighted by atomic mass is 9.99. The molecule has 27 heavy (non-hydrogen) atoms. The van der Waals surface area contributed by atoms with Crippen molar-refractivity contribution in [3.05, 3.63) is 11.4 Å². The van der Waals surface area contributed by atoms with Crippen LogP contribution in [0.3, 0.4) is 0 Å². The first kappa shape index (κ1) is 18.4. The van der Waals surface area contributed by atoms with Gasteiger partial charge in [0.25, 0.3) is 0 Å². The fraction of sp³-hybridized carbons (Fsp3) is 0.778. The summed E-state index contributed by atoms with van der Waals surface area (Å²) in [5, 5.41) is 16.5. The van der Waals surface area contributed by atoms with Crippen molar-refractivity contribution in [1.29, 1.82) is 0 Å². The summed E-state index contributed by atoms with van der Waals surface area (Å²) in [6, 6.07) is 0. The molecule has 4 rings (SSSR count). The Balaban J connectivity index is 1.60. The fourth-order valence-corrected chi connectivity index (χ4v) is 4.41. The van der Waals surface area contributed by atoms with Crippen molar-refractivity contribution in [2.24, 2.45) is 11.8 Å². The Morgan fingerprint density at radius 3 is 2.26 bits per heavy atom. The van der Waals surface area contributed by atoms with Crippen molar-refractivity contribution < 1.29 is 4.63 Å². The SMILES string of the molecule is C[C@@H]1CCCN(Cc2c(CN3CCC[C@H](C)C3)nnn2-c2nonc2N)C1. The van der Waals surface area contributed by atoms with Crippen LogP contribution in [0, 0.1) is 11.8 Å². The summed E-state index contributed by atoms with van der Waals surface area (Å²) in [4.78, 5) is 4.96. The number of nitrogens with zero attached hydrogens (tertiary/aromatic N) is 7. The Labute approximate surface area is 159 Å². The molecule has 0 unspecified atom stereocenters. The zero-order chi connectivity index (χ0) is 18.8. The van der Waals surface area contributed by atoms with Crippen molar-refractivity contribution in [2.75, 3.05) is 31.9 Å². The van der Waals surface area contributed by atoms with Crippen molar-refractivity contribution >= 4 is 5.82 Å². The number of hydrogen-bond donors (Lipinski definition) is 1. The average Bonchev–Trinajstić information content (AvgIpc) is 3.21. The molecule has 9 nitrogen and oxygen atoms in total. The maximum Gasteiger partial charge on any atom is 0.243 e. The lowest BCUT2D eigenvalue weighted by Crippen LogP contribution is -2.36. The quantitative estimate of drug-likeness (QED) is 0.844. The van der Waals surface area contributed by atoms with Crippen LogP contribution >= 0.6 is 0 Å². The van der Waals surface area contributed by atoms with Crippen LogP contribution in [-0.2, 0) is 13.1 Å². The van der Waals surface area contributed by atoms with E-state index in [1.807, 2.05) is 0 Å². The summed E-state index contributed by atoms with van der Waals surface area (Å²) in [6.07, 6.45) is 5.08. The zero-order valence-corrected chi connectivity index (χ0v) is 16.3. The van der Waals surface area contributed by atoms with E-state index in [0.717, 1.165) is 56.6 Å². The molecule has 0 saturated carbocycles. The third-order valence-corrected chi connectivity index (χ3v) is 5.77. The molecule has 9 heteroatoms. The number of anilines is 1. The summed E-state index contributed by atoms with van der Waals surface area (Å²) in [6.45, 7) is 10.7. The second-order valence-corrected chi connectivity index (χ2v) is 8.33. The molecule has 4 heterocycles. The second kappa shape index (κ2) is 7.93. The van der Waals surface area contributed by atoms with Crippen molar-refractivity contribution in [3.8, 4) is 5.82 Å². The highest BCUT2D eigenvalue weighted by Gasteiger charge is 2.26. The van der Waals surface area contributed by atoms with E-state index >= 15 is 0 Å². The van der Waals surface area contributed by atoms with Gasteiger partial charge in [0, 0.05) is 26.2 Å². The summed E-state index contributed by atoms with van der Waals surface area (Å²) in [5.74, 6) is 2.12. The van der Waals surface area contributed by atoms with Gasteiger partial charge in [0.2, 0.25) is 11.6 Å². The molecule has 2 aliphatic heterocycles. The smallest absolute Gasteiger partial charge is 0.243 e. The molecule has 2 fully saturated rings. The Bertz CT molecular complexity index is 756. The van der Waals surface area contributed by atoms with E-state index in [1.165, 1.54) is 25.7 Å². The number of aromatic nitrogens is 5. The minimum atomic E-state index is 0.242. The molecule has 0 radical (unpaired) electrons. The van der Waals surface area contributed by atoms with Crippen LogP contribution in [0.25, 0.3) is 5.82 Å². The molecule has 2 aromatic rings. The first-order chi connectivity index (χ1) is 13.1. The van der Waals surface area contributed by atoms with Gasteiger partial charge in [-0.1, -0.05) is 19.1 Å². The Morgan fingerprint density at radius 1 is 1.00 bits per heavy atom. The van der Waals surface area contributed by atoms with Crippen LogP contribution < -0.4 is 5.73 Å². The summed E-state index contributed by atoms with van der Waals surface area (Å²) in [7, 11) is 0. The van der Waals surface area contributed by atoms with Crippen LogP contribution in [-0.4, -0.2) is 61.3 Å². The van der Waals surface area contributed by atoms with Gasteiger partial charge in [-0.3, -0.25) is 9.80 Å². The highest BCUT2D eigenvalue weighted by atomic mass is 16.6. The topological polar surface area (TPSA) is 102 Å². The van der Waals surface area contributed by atoms with E-state index in [1.54, 1.807) is 4.68 Å². The van der Waals surface area contributed by atoms with Crippen LogP contribution in [0.4, 0.5) is 5.82 Å². The van der Waals surface area contributed by atoms with E-state index in [9.17, 15) is 0 Å². The molecule has 0 amide bonds. The Kier molecular flexibility index (Phi) is 5.40. The van der Waals surface area contributed by atoms with Crippen LogP contribution in [0.2, 0.25) is 0 Å². The molecule has 2 saturated heterocycles. The molecule has 148 valence electrons. The summed E-state index contributed by atoms with van der Waals surface area (Å²) < 4.78 is 6.51. The van der Waals surface area contributed by atoms with Crippen molar-refractivity contribution in [3.63, 3.8) is 0 Å². The van der Waals surface area contributed by atoms with Gasteiger partial charge in [-0.25, -0.2) is 4.63 Å². The number of rotatable bonds is 5. The van der Waals surface area contributed by atoms with Gasteiger partial charge in [0.1, 0.15) is 5.69 Å². The molecule has 2 aliphatic rings. The molecule has 0 bridgehead atoms.